The number of hydrogen-bond donors (Lipinski definition) is 2. The van der Waals surface area contributed by atoms with E-state index >= 15 is 0 Å². The van der Waals surface area contributed by atoms with Crippen LogP contribution in [-0.2, 0) is 11.3 Å². The molecule has 0 bridgehead atoms. The average molecular weight is 299 g/mol. The second-order valence-electron chi connectivity index (χ2n) is 3.82. The summed E-state index contributed by atoms with van der Waals surface area (Å²) in [6, 6.07) is 5.18. The number of rotatable bonds is 3. The summed E-state index contributed by atoms with van der Waals surface area (Å²) in [5, 5.41) is 0.926. The number of aromatic nitrogens is 2. The molecule has 0 amide bonds. The molecule has 1 aromatic heterocycles. The van der Waals surface area contributed by atoms with Crippen LogP contribution in [0.15, 0.2) is 18.2 Å². The lowest BCUT2D eigenvalue weighted by atomic mass is 10.0. The molecule has 19 heavy (non-hydrogen) atoms. The SMILES string of the molecule is COCc1nc(N)nc(N)c1-c1c(Cl)cccc1Cl. The van der Waals surface area contributed by atoms with Crippen molar-refractivity contribution in [1.82, 2.24) is 9.97 Å². The number of ether oxygens (including phenoxy) is 1. The number of halogens is 2. The van der Waals surface area contributed by atoms with E-state index in [1.807, 2.05) is 0 Å². The van der Waals surface area contributed by atoms with Crippen molar-refractivity contribution < 1.29 is 4.74 Å². The number of benzene rings is 1. The van der Waals surface area contributed by atoms with Crippen molar-refractivity contribution in [3.05, 3.63) is 33.9 Å². The third-order valence-corrected chi connectivity index (χ3v) is 3.15. The minimum Gasteiger partial charge on any atom is -0.383 e. The molecule has 0 saturated heterocycles. The highest BCUT2D eigenvalue weighted by Crippen LogP contribution is 2.39. The van der Waals surface area contributed by atoms with Crippen molar-refractivity contribution in [3.8, 4) is 11.1 Å². The summed E-state index contributed by atoms with van der Waals surface area (Å²) in [7, 11) is 1.55. The number of anilines is 2. The fourth-order valence-corrected chi connectivity index (χ4v) is 2.38. The Labute approximate surface area is 120 Å². The monoisotopic (exact) mass is 298 g/mol. The fraction of sp³-hybridized carbons (Fsp3) is 0.167. The highest BCUT2D eigenvalue weighted by molar-refractivity contribution is 6.39. The Hall–Kier alpha value is -1.56. The van der Waals surface area contributed by atoms with E-state index < -0.39 is 0 Å². The Morgan fingerprint density at radius 2 is 1.74 bits per heavy atom. The van der Waals surface area contributed by atoms with Gasteiger partial charge in [0.25, 0.3) is 0 Å². The number of methoxy groups -OCH3 is 1. The standard InChI is InChI=1S/C12H12Cl2N4O/c1-19-5-8-10(11(15)18-12(16)17-8)9-6(13)3-2-4-7(9)14/h2-4H,5H2,1H3,(H4,15,16,17,18). The van der Waals surface area contributed by atoms with Gasteiger partial charge in [0.05, 0.1) is 27.9 Å². The molecule has 0 saturated carbocycles. The van der Waals surface area contributed by atoms with Gasteiger partial charge in [0, 0.05) is 12.7 Å². The molecular weight excluding hydrogens is 287 g/mol. The van der Waals surface area contributed by atoms with E-state index in [1.54, 1.807) is 25.3 Å². The number of hydrogen-bond acceptors (Lipinski definition) is 5. The van der Waals surface area contributed by atoms with Crippen LogP contribution in [0.3, 0.4) is 0 Å². The zero-order chi connectivity index (χ0) is 14.0. The molecule has 2 aromatic rings. The van der Waals surface area contributed by atoms with Crippen LogP contribution in [0.4, 0.5) is 11.8 Å². The van der Waals surface area contributed by atoms with Crippen LogP contribution in [0.2, 0.25) is 10.0 Å². The molecule has 0 aliphatic heterocycles. The summed E-state index contributed by atoms with van der Waals surface area (Å²) in [4.78, 5) is 8.07. The van der Waals surface area contributed by atoms with Crippen molar-refractivity contribution >= 4 is 35.0 Å². The zero-order valence-electron chi connectivity index (χ0n) is 10.2. The quantitative estimate of drug-likeness (QED) is 0.910. The van der Waals surface area contributed by atoms with Gasteiger partial charge < -0.3 is 16.2 Å². The lowest BCUT2D eigenvalue weighted by molar-refractivity contribution is 0.182. The van der Waals surface area contributed by atoms with Gasteiger partial charge in [-0.25, -0.2) is 4.98 Å². The van der Waals surface area contributed by atoms with Crippen molar-refractivity contribution in [1.29, 1.82) is 0 Å². The predicted octanol–water partition coefficient (Wildman–Crippen LogP) is 2.76. The molecule has 7 heteroatoms. The van der Waals surface area contributed by atoms with Gasteiger partial charge in [0.1, 0.15) is 5.82 Å². The molecule has 5 nitrogen and oxygen atoms in total. The summed E-state index contributed by atoms with van der Waals surface area (Å²) in [5.41, 5.74) is 13.2. The van der Waals surface area contributed by atoms with E-state index in [9.17, 15) is 0 Å². The molecule has 0 aliphatic rings. The second-order valence-corrected chi connectivity index (χ2v) is 4.63. The van der Waals surface area contributed by atoms with Crippen LogP contribution in [0.1, 0.15) is 5.69 Å². The van der Waals surface area contributed by atoms with Crippen molar-refractivity contribution in [2.24, 2.45) is 0 Å². The van der Waals surface area contributed by atoms with Gasteiger partial charge in [-0.3, -0.25) is 0 Å². The normalized spacial score (nSPS) is 10.7. The molecular formula is C12H12Cl2N4O. The first-order valence-electron chi connectivity index (χ1n) is 5.39. The van der Waals surface area contributed by atoms with E-state index in [4.69, 9.17) is 39.4 Å². The van der Waals surface area contributed by atoms with Gasteiger partial charge in [-0.15, -0.1) is 0 Å². The molecule has 1 heterocycles. The maximum absolute atomic E-state index is 6.18. The van der Waals surface area contributed by atoms with Crippen molar-refractivity contribution in [3.63, 3.8) is 0 Å². The second kappa shape index (κ2) is 5.61. The third kappa shape index (κ3) is 2.73. The Morgan fingerprint density at radius 1 is 1.11 bits per heavy atom. The van der Waals surface area contributed by atoms with Gasteiger partial charge in [0.2, 0.25) is 5.95 Å². The summed E-state index contributed by atoms with van der Waals surface area (Å²) < 4.78 is 5.09. The van der Waals surface area contributed by atoms with Crippen LogP contribution in [0.5, 0.6) is 0 Å². The third-order valence-electron chi connectivity index (χ3n) is 2.52. The first-order chi connectivity index (χ1) is 9.04. The molecule has 4 N–H and O–H groups in total. The zero-order valence-corrected chi connectivity index (χ0v) is 11.7. The fourth-order valence-electron chi connectivity index (χ4n) is 1.80. The molecule has 1 aromatic carbocycles. The van der Waals surface area contributed by atoms with Crippen LogP contribution in [0.25, 0.3) is 11.1 Å². The lowest BCUT2D eigenvalue weighted by Crippen LogP contribution is -2.08. The highest BCUT2D eigenvalue weighted by atomic mass is 35.5. The average Bonchev–Trinajstić information content (AvgIpc) is 2.32. The molecule has 0 aliphatic carbocycles. The summed E-state index contributed by atoms with van der Waals surface area (Å²) in [6.45, 7) is 0.230. The first kappa shape index (κ1) is 13.9. The lowest BCUT2D eigenvalue weighted by Gasteiger charge is -2.14. The molecule has 100 valence electrons. The topological polar surface area (TPSA) is 87.0 Å². The molecule has 0 fully saturated rings. The predicted molar refractivity (Wildman–Crippen MR) is 77.0 cm³/mol. The van der Waals surface area contributed by atoms with Crippen molar-refractivity contribution in [2.45, 2.75) is 6.61 Å². The Balaban J connectivity index is 2.74. The molecule has 0 unspecified atom stereocenters. The van der Waals surface area contributed by atoms with Gasteiger partial charge in [-0.05, 0) is 12.1 Å². The Morgan fingerprint density at radius 3 is 2.32 bits per heavy atom. The van der Waals surface area contributed by atoms with Crippen LogP contribution in [0, 0.1) is 0 Å². The number of nitrogens with zero attached hydrogens (tertiary/aromatic N) is 2. The number of nitrogens with two attached hydrogens (primary N) is 2. The largest absolute Gasteiger partial charge is 0.383 e. The van der Waals surface area contributed by atoms with Crippen molar-refractivity contribution in [2.75, 3.05) is 18.6 Å². The maximum Gasteiger partial charge on any atom is 0.222 e. The van der Waals surface area contributed by atoms with Crippen LogP contribution in [-0.4, -0.2) is 17.1 Å². The molecule has 2 rings (SSSR count). The Kier molecular flexibility index (Phi) is 4.09. The van der Waals surface area contributed by atoms with Gasteiger partial charge in [-0.1, -0.05) is 29.3 Å². The first-order valence-corrected chi connectivity index (χ1v) is 6.15. The van der Waals surface area contributed by atoms with Gasteiger partial charge >= 0.3 is 0 Å². The van der Waals surface area contributed by atoms with E-state index in [2.05, 4.69) is 9.97 Å². The van der Waals surface area contributed by atoms with E-state index in [0.29, 0.717) is 26.9 Å². The molecule has 0 spiro atoms. The van der Waals surface area contributed by atoms with Gasteiger partial charge in [0.15, 0.2) is 0 Å². The smallest absolute Gasteiger partial charge is 0.222 e. The highest BCUT2D eigenvalue weighted by Gasteiger charge is 2.18. The number of nitrogen functional groups attached to an aromatic ring is 2. The van der Waals surface area contributed by atoms with Crippen LogP contribution < -0.4 is 11.5 Å². The molecule has 0 atom stereocenters. The summed E-state index contributed by atoms with van der Waals surface area (Å²) >= 11 is 12.4. The minimum absolute atomic E-state index is 0.0801. The van der Waals surface area contributed by atoms with E-state index in [1.165, 1.54) is 0 Å². The van der Waals surface area contributed by atoms with Gasteiger partial charge in [-0.2, -0.15) is 4.98 Å². The van der Waals surface area contributed by atoms with E-state index in [-0.39, 0.29) is 18.4 Å². The molecule has 0 radical (unpaired) electrons. The minimum atomic E-state index is 0.0801. The summed E-state index contributed by atoms with van der Waals surface area (Å²) in [5.74, 6) is 0.297. The maximum atomic E-state index is 6.18. The summed E-state index contributed by atoms with van der Waals surface area (Å²) in [6.07, 6.45) is 0. The van der Waals surface area contributed by atoms with E-state index in [0.717, 1.165) is 0 Å². The van der Waals surface area contributed by atoms with Crippen LogP contribution >= 0.6 is 23.2 Å². The Bertz CT molecular complexity index is 599.